The molecule has 1 fully saturated rings. The minimum atomic E-state index is -0.389. The van der Waals surface area contributed by atoms with Gasteiger partial charge in [0.15, 0.2) is 0 Å². The fourth-order valence-corrected chi connectivity index (χ4v) is 5.68. The maximum absolute atomic E-state index is 12.5. The maximum Gasteiger partial charge on any atom is 0.223 e. The lowest BCUT2D eigenvalue weighted by atomic mass is 9.88. The fourth-order valence-electron chi connectivity index (χ4n) is 5.68. The van der Waals surface area contributed by atoms with Crippen molar-refractivity contribution in [1.29, 1.82) is 0 Å². The van der Waals surface area contributed by atoms with E-state index in [1.807, 2.05) is 11.0 Å². The molecule has 2 N–H and O–H groups in total. The van der Waals surface area contributed by atoms with E-state index in [-0.39, 0.29) is 36.1 Å². The van der Waals surface area contributed by atoms with E-state index in [0.717, 1.165) is 57.8 Å². The summed E-state index contributed by atoms with van der Waals surface area (Å²) in [5, 5.41) is 20.7. The van der Waals surface area contributed by atoms with Crippen LogP contribution in [-0.2, 0) is 4.79 Å². The Morgan fingerprint density at radius 2 is 1.87 bits per heavy atom. The van der Waals surface area contributed by atoms with Crippen LogP contribution in [0.25, 0.3) is 0 Å². The molecule has 0 saturated heterocycles. The van der Waals surface area contributed by atoms with Gasteiger partial charge >= 0.3 is 0 Å². The Morgan fingerprint density at radius 3 is 2.52 bits per heavy atom. The van der Waals surface area contributed by atoms with Gasteiger partial charge in [0.2, 0.25) is 5.91 Å². The number of aliphatic hydroxyl groups is 2. The van der Waals surface area contributed by atoms with Gasteiger partial charge in [-0.05, 0) is 78.1 Å². The van der Waals surface area contributed by atoms with Crippen LogP contribution >= 0.6 is 0 Å². The molecule has 1 saturated carbocycles. The molecular formula is C27H47NO3. The van der Waals surface area contributed by atoms with Crippen molar-refractivity contribution in [3.8, 4) is 0 Å². The minimum Gasteiger partial charge on any atom is -0.392 e. The Bertz CT molecular complexity index is 602. The number of allylic oxidation sites excluding steroid dienone is 2. The molecule has 0 spiro atoms. The summed E-state index contributed by atoms with van der Waals surface area (Å²) in [6.45, 7) is 10.5. The first kappa shape index (κ1) is 26.1. The van der Waals surface area contributed by atoms with Gasteiger partial charge in [-0.1, -0.05) is 50.0 Å². The number of hydrogen-bond donors (Lipinski definition) is 2. The summed E-state index contributed by atoms with van der Waals surface area (Å²) in [7, 11) is 0. The summed E-state index contributed by atoms with van der Waals surface area (Å²) in [5.74, 6) is 1.37. The van der Waals surface area contributed by atoms with Gasteiger partial charge in [0.25, 0.3) is 0 Å². The smallest absolute Gasteiger partial charge is 0.223 e. The second kappa shape index (κ2) is 12.8. The number of amides is 1. The molecule has 5 atom stereocenters. The maximum atomic E-state index is 12.5. The predicted molar refractivity (Wildman–Crippen MR) is 129 cm³/mol. The molecule has 0 aromatic heterocycles. The lowest BCUT2D eigenvalue weighted by molar-refractivity contribution is -0.134. The topological polar surface area (TPSA) is 60.8 Å². The van der Waals surface area contributed by atoms with E-state index in [2.05, 4.69) is 46.8 Å². The Labute approximate surface area is 190 Å². The summed E-state index contributed by atoms with van der Waals surface area (Å²) in [6, 6.07) is 0.511. The number of fused-ring (bicyclic) bond motifs is 1. The van der Waals surface area contributed by atoms with E-state index in [1.165, 1.54) is 5.57 Å². The molecular weight excluding hydrogens is 386 g/mol. The van der Waals surface area contributed by atoms with Crippen LogP contribution in [0.1, 0.15) is 98.8 Å². The first-order valence-corrected chi connectivity index (χ1v) is 12.8. The highest BCUT2D eigenvalue weighted by Crippen LogP contribution is 2.48. The number of hydrogen-bond acceptors (Lipinski definition) is 3. The lowest BCUT2D eigenvalue weighted by Crippen LogP contribution is -2.41. The van der Waals surface area contributed by atoms with Crippen molar-refractivity contribution in [3.63, 3.8) is 0 Å². The van der Waals surface area contributed by atoms with E-state index < -0.39 is 0 Å². The van der Waals surface area contributed by atoms with Crippen LogP contribution in [0.2, 0.25) is 0 Å². The second-order valence-corrected chi connectivity index (χ2v) is 10.4. The molecule has 0 bridgehead atoms. The van der Waals surface area contributed by atoms with E-state index in [9.17, 15) is 15.0 Å². The van der Waals surface area contributed by atoms with Crippen LogP contribution in [0.15, 0.2) is 23.8 Å². The number of unbranched alkanes of at least 4 members (excludes halogenated alkanes) is 3. The van der Waals surface area contributed by atoms with Crippen molar-refractivity contribution >= 4 is 5.91 Å². The van der Waals surface area contributed by atoms with Crippen LogP contribution < -0.4 is 0 Å². The van der Waals surface area contributed by atoms with Gasteiger partial charge in [0.1, 0.15) is 0 Å². The highest BCUT2D eigenvalue weighted by Gasteiger charge is 2.43. The van der Waals surface area contributed by atoms with Crippen molar-refractivity contribution in [2.45, 2.75) is 123 Å². The van der Waals surface area contributed by atoms with Gasteiger partial charge in [-0.2, -0.15) is 0 Å². The van der Waals surface area contributed by atoms with Gasteiger partial charge in [-0.3, -0.25) is 4.79 Å². The van der Waals surface area contributed by atoms with Gasteiger partial charge in [-0.15, -0.1) is 0 Å². The first-order chi connectivity index (χ1) is 14.7. The number of aliphatic hydroxyl groups excluding tert-OH is 2. The monoisotopic (exact) mass is 433 g/mol. The molecule has 0 aromatic rings. The highest BCUT2D eigenvalue weighted by molar-refractivity contribution is 5.76. The average Bonchev–Trinajstić information content (AvgIpc) is 3.19. The summed E-state index contributed by atoms with van der Waals surface area (Å²) in [5.41, 5.74) is 1.50. The molecule has 0 heterocycles. The molecule has 0 unspecified atom stereocenters. The minimum absolute atomic E-state index is 0.159. The van der Waals surface area contributed by atoms with Crippen LogP contribution in [0.4, 0.5) is 0 Å². The third-order valence-corrected chi connectivity index (χ3v) is 7.15. The number of nitrogens with zero attached hydrogens (tertiary/aromatic N) is 1. The predicted octanol–water partition coefficient (Wildman–Crippen LogP) is 5.63. The molecule has 0 radical (unpaired) electrons. The first-order valence-electron chi connectivity index (χ1n) is 12.8. The molecule has 0 aromatic carbocycles. The van der Waals surface area contributed by atoms with Crippen molar-refractivity contribution in [3.05, 3.63) is 23.8 Å². The van der Waals surface area contributed by atoms with E-state index in [0.29, 0.717) is 18.3 Å². The molecule has 0 aliphatic heterocycles. The Morgan fingerprint density at radius 1 is 1.16 bits per heavy atom. The second-order valence-electron chi connectivity index (χ2n) is 10.4. The molecule has 2 aliphatic rings. The van der Waals surface area contributed by atoms with Crippen molar-refractivity contribution in [2.75, 3.05) is 0 Å². The zero-order valence-corrected chi connectivity index (χ0v) is 20.6. The van der Waals surface area contributed by atoms with Gasteiger partial charge in [0.05, 0.1) is 12.2 Å². The van der Waals surface area contributed by atoms with Crippen LogP contribution in [-0.4, -0.2) is 45.3 Å². The Kier molecular flexibility index (Phi) is 10.8. The quantitative estimate of drug-likeness (QED) is 0.292. The van der Waals surface area contributed by atoms with Crippen molar-refractivity contribution in [1.82, 2.24) is 4.90 Å². The zero-order chi connectivity index (χ0) is 23.0. The molecule has 2 aliphatic carbocycles. The summed E-state index contributed by atoms with van der Waals surface area (Å²) in [6.07, 6.45) is 15.5. The number of rotatable bonds is 13. The third-order valence-electron chi connectivity index (χ3n) is 7.15. The lowest BCUT2D eigenvalue weighted by Gasteiger charge is -2.30. The molecule has 4 heteroatoms. The van der Waals surface area contributed by atoms with Gasteiger partial charge in [-0.25, -0.2) is 0 Å². The highest BCUT2D eigenvalue weighted by atomic mass is 16.3. The average molecular weight is 434 g/mol. The van der Waals surface area contributed by atoms with Crippen LogP contribution in [0.5, 0.6) is 0 Å². The van der Waals surface area contributed by atoms with E-state index in [4.69, 9.17) is 0 Å². The van der Waals surface area contributed by atoms with Crippen molar-refractivity contribution < 1.29 is 15.0 Å². The summed E-state index contributed by atoms with van der Waals surface area (Å²) in [4.78, 5) is 14.5. The third kappa shape index (κ3) is 7.75. The van der Waals surface area contributed by atoms with E-state index >= 15 is 0 Å². The van der Waals surface area contributed by atoms with E-state index in [1.54, 1.807) is 0 Å². The number of carbonyl (C=O) groups is 1. The van der Waals surface area contributed by atoms with Gasteiger partial charge in [0, 0.05) is 24.4 Å². The number of carbonyl (C=O) groups excluding carboxylic acids is 1. The molecule has 31 heavy (non-hydrogen) atoms. The van der Waals surface area contributed by atoms with Crippen LogP contribution in [0.3, 0.4) is 0 Å². The largest absolute Gasteiger partial charge is 0.392 e. The fraction of sp³-hybridized carbons (Fsp3) is 0.815. The molecule has 1 amide bonds. The van der Waals surface area contributed by atoms with Crippen molar-refractivity contribution in [2.24, 2.45) is 17.8 Å². The SMILES string of the molecule is CCCCC[C@H](O)C=C[C@@H]1[C@H]2CC(CCCCC(=O)N(C(C)C)C(C)C)=C[C@H]2C[C@H]1O. The zero-order valence-electron chi connectivity index (χ0n) is 20.6. The Balaban J connectivity index is 1.76. The molecule has 178 valence electrons. The molecule has 2 rings (SSSR count). The Hall–Kier alpha value is -1.13. The van der Waals surface area contributed by atoms with Crippen LogP contribution in [0, 0.1) is 17.8 Å². The standard InChI is InChI=1S/C27H47NO3/c1-6-7-8-12-23(29)14-15-24-25-17-21(16-22(25)18-26(24)30)11-9-10-13-27(31)28(19(2)3)20(4)5/h14-16,19-20,22-26,29-30H,6-13,17-18H2,1-5H3/t22-,23-,24+,25-,26+/m0/s1. The summed E-state index contributed by atoms with van der Waals surface area (Å²) < 4.78 is 0. The normalized spacial score (nSPS) is 26.7. The molecule has 4 nitrogen and oxygen atoms in total. The summed E-state index contributed by atoms with van der Waals surface area (Å²) >= 11 is 0. The van der Waals surface area contributed by atoms with Gasteiger partial charge < -0.3 is 15.1 Å².